The molecule has 1 aromatic heterocycles. The van der Waals surface area contributed by atoms with E-state index in [1.807, 2.05) is 30.3 Å². The second-order valence-corrected chi connectivity index (χ2v) is 8.99. The molecule has 0 bridgehead atoms. The van der Waals surface area contributed by atoms with Crippen molar-refractivity contribution in [3.05, 3.63) is 59.1 Å². The number of nitrogens with one attached hydrogen (secondary N) is 1. The largest absolute Gasteiger partial charge is 0.356 e. The molecule has 1 N–H and O–H groups in total. The lowest BCUT2D eigenvalue weighted by molar-refractivity contribution is -0.114. The first-order chi connectivity index (χ1) is 14.5. The molecule has 1 saturated carbocycles. The summed E-state index contributed by atoms with van der Waals surface area (Å²) < 4.78 is 5.64. The number of halogens is 3. The third kappa shape index (κ3) is 4.66. The van der Waals surface area contributed by atoms with E-state index < -0.39 is 10.7 Å². The average Bonchev–Trinajstić information content (AvgIpc) is 3.24. The summed E-state index contributed by atoms with van der Waals surface area (Å²) in [5, 5.41) is 7.65. The van der Waals surface area contributed by atoms with Crippen molar-refractivity contribution in [3.8, 4) is 22.6 Å². The van der Waals surface area contributed by atoms with Crippen molar-refractivity contribution < 1.29 is 9.32 Å². The molecule has 1 fully saturated rings. The van der Waals surface area contributed by atoms with Gasteiger partial charge in [0.05, 0.1) is 5.02 Å². The number of carbonyl (C=O) groups is 1. The number of aromatic nitrogens is 1. The number of carbonyl (C=O) groups excluding carboxylic acids is 1. The zero-order valence-electron chi connectivity index (χ0n) is 16.2. The summed E-state index contributed by atoms with van der Waals surface area (Å²) in [6.45, 7) is 0. The van der Waals surface area contributed by atoms with Crippen molar-refractivity contribution in [1.29, 1.82) is 0 Å². The molecule has 4 nitrogen and oxygen atoms in total. The first kappa shape index (κ1) is 21.2. The van der Waals surface area contributed by atoms with Crippen molar-refractivity contribution in [3.63, 3.8) is 0 Å². The number of amides is 1. The maximum absolute atomic E-state index is 11.7. The minimum Gasteiger partial charge on any atom is -0.356 e. The zero-order chi connectivity index (χ0) is 21.1. The molecule has 0 aliphatic heterocycles. The van der Waals surface area contributed by atoms with Crippen molar-refractivity contribution in [2.45, 2.75) is 42.9 Å². The van der Waals surface area contributed by atoms with E-state index >= 15 is 0 Å². The van der Waals surface area contributed by atoms with E-state index in [2.05, 4.69) is 16.5 Å². The summed E-state index contributed by atoms with van der Waals surface area (Å²) in [4.78, 5) is 10.6. The molecular weight excluding hydrogens is 443 g/mol. The number of hydrogen-bond donors (Lipinski definition) is 1. The van der Waals surface area contributed by atoms with Crippen LogP contribution < -0.4 is 5.32 Å². The summed E-state index contributed by atoms with van der Waals surface area (Å²) in [7, 11) is 0. The lowest BCUT2D eigenvalue weighted by Crippen LogP contribution is -2.18. The van der Waals surface area contributed by atoms with Crippen LogP contribution in [-0.4, -0.2) is 15.9 Å². The predicted octanol–water partition coefficient (Wildman–Crippen LogP) is 7.45. The van der Waals surface area contributed by atoms with Gasteiger partial charge in [-0.05, 0) is 42.5 Å². The Morgan fingerprint density at radius 2 is 1.83 bits per heavy atom. The maximum atomic E-state index is 11.7. The highest BCUT2D eigenvalue weighted by Crippen LogP contribution is 2.41. The number of nitrogens with zero attached hydrogens (tertiary/aromatic N) is 1. The van der Waals surface area contributed by atoms with Gasteiger partial charge >= 0.3 is 0 Å². The van der Waals surface area contributed by atoms with E-state index in [0.717, 1.165) is 11.1 Å². The van der Waals surface area contributed by atoms with E-state index in [1.165, 1.54) is 37.7 Å². The van der Waals surface area contributed by atoms with Crippen molar-refractivity contribution >= 4 is 46.4 Å². The lowest BCUT2D eigenvalue weighted by Gasteiger charge is -2.24. The van der Waals surface area contributed by atoms with E-state index in [9.17, 15) is 4.79 Å². The third-order valence-corrected chi connectivity index (χ3v) is 6.18. The van der Waals surface area contributed by atoms with Gasteiger partial charge in [-0.25, -0.2) is 0 Å². The van der Waals surface area contributed by atoms with Crippen molar-refractivity contribution in [2.75, 3.05) is 5.32 Å². The fraction of sp³-hybridized carbons (Fsp3) is 0.304. The molecule has 0 saturated heterocycles. The summed E-state index contributed by atoms with van der Waals surface area (Å²) in [6, 6.07) is 15.2. The Morgan fingerprint density at radius 3 is 2.60 bits per heavy atom. The Hall–Kier alpha value is -2.01. The van der Waals surface area contributed by atoms with Crippen LogP contribution in [0.25, 0.3) is 22.6 Å². The summed E-state index contributed by atoms with van der Waals surface area (Å²) in [6.07, 6.45) is 6.11. The first-order valence-electron chi connectivity index (χ1n) is 9.98. The van der Waals surface area contributed by atoms with Gasteiger partial charge in [0.1, 0.15) is 5.69 Å². The molecular formula is C23H21Cl3N2O2. The van der Waals surface area contributed by atoms with Crippen molar-refractivity contribution in [1.82, 2.24) is 5.16 Å². The normalized spacial score (nSPS) is 14.8. The summed E-state index contributed by atoms with van der Waals surface area (Å²) in [5.41, 5.74) is 4.24. The molecule has 1 heterocycles. The SMILES string of the molecule is O=C(Nc1cccc(-c2cc(-c3c(Cl)cccc3C3CCCCC3)no2)c1)C(Cl)Cl. The maximum Gasteiger partial charge on any atom is 0.257 e. The minimum atomic E-state index is -1.14. The fourth-order valence-corrected chi connectivity index (χ4v) is 4.43. The van der Waals surface area contributed by atoms with Crippen molar-refractivity contribution in [2.24, 2.45) is 0 Å². The Kier molecular flexibility index (Phi) is 6.67. The molecule has 0 radical (unpaired) electrons. The molecule has 2 aromatic carbocycles. The molecule has 0 spiro atoms. The second kappa shape index (κ2) is 9.42. The van der Waals surface area contributed by atoms with Crippen LogP contribution in [0, 0.1) is 0 Å². The number of hydrogen-bond acceptors (Lipinski definition) is 3. The molecule has 30 heavy (non-hydrogen) atoms. The van der Waals surface area contributed by atoms with Gasteiger partial charge in [0, 0.05) is 22.9 Å². The molecule has 3 aromatic rings. The highest BCUT2D eigenvalue weighted by Gasteiger charge is 2.23. The molecule has 1 aliphatic rings. The molecule has 1 aliphatic carbocycles. The fourth-order valence-electron chi connectivity index (χ4n) is 4.04. The van der Waals surface area contributed by atoms with Gasteiger partial charge in [0.15, 0.2) is 10.6 Å². The smallest absolute Gasteiger partial charge is 0.257 e. The highest BCUT2D eigenvalue weighted by molar-refractivity contribution is 6.54. The second-order valence-electron chi connectivity index (χ2n) is 7.49. The molecule has 7 heteroatoms. The minimum absolute atomic E-state index is 0.484. The van der Waals surface area contributed by atoms with Crippen LogP contribution in [0.2, 0.25) is 5.02 Å². The Balaban J connectivity index is 1.65. The third-order valence-electron chi connectivity index (χ3n) is 5.47. The van der Waals surface area contributed by atoms with Crippen LogP contribution in [-0.2, 0) is 4.79 Å². The van der Waals surface area contributed by atoms with Crippen LogP contribution in [0.1, 0.15) is 43.6 Å². The number of benzene rings is 2. The molecule has 1 amide bonds. The van der Waals surface area contributed by atoms with E-state index in [4.69, 9.17) is 39.3 Å². The van der Waals surface area contributed by atoms with Gasteiger partial charge in [0.25, 0.3) is 5.91 Å². The zero-order valence-corrected chi connectivity index (χ0v) is 18.5. The standard InChI is InChI=1S/C23H21Cl3N2O2/c24-18-11-5-10-17(14-6-2-1-3-7-14)21(18)19-13-20(30-28-19)15-8-4-9-16(12-15)27-23(29)22(25)26/h4-5,8-14,22H,1-3,6-7H2,(H,27,29). The average molecular weight is 464 g/mol. The van der Waals surface area contributed by atoms with Gasteiger partial charge in [-0.1, -0.05) is 83.5 Å². The van der Waals surface area contributed by atoms with Crippen LogP contribution in [0.15, 0.2) is 53.1 Å². The summed E-state index contributed by atoms with van der Waals surface area (Å²) >= 11 is 17.8. The van der Waals surface area contributed by atoms with Gasteiger partial charge in [0.2, 0.25) is 0 Å². The summed E-state index contributed by atoms with van der Waals surface area (Å²) in [5.74, 6) is 0.594. The predicted molar refractivity (Wildman–Crippen MR) is 122 cm³/mol. The molecule has 4 rings (SSSR count). The van der Waals surface area contributed by atoms with Crippen LogP contribution in [0.5, 0.6) is 0 Å². The van der Waals surface area contributed by atoms with Gasteiger partial charge < -0.3 is 9.84 Å². The van der Waals surface area contributed by atoms with Crippen LogP contribution >= 0.6 is 34.8 Å². The monoisotopic (exact) mass is 462 g/mol. The molecule has 156 valence electrons. The van der Waals surface area contributed by atoms with E-state index in [0.29, 0.717) is 28.1 Å². The Bertz CT molecular complexity index is 1040. The lowest BCUT2D eigenvalue weighted by atomic mass is 9.81. The van der Waals surface area contributed by atoms with E-state index in [-0.39, 0.29) is 0 Å². The van der Waals surface area contributed by atoms with Gasteiger partial charge in [-0.2, -0.15) is 0 Å². The molecule has 0 unspecified atom stereocenters. The van der Waals surface area contributed by atoms with Crippen LogP contribution in [0.3, 0.4) is 0 Å². The van der Waals surface area contributed by atoms with E-state index in [1.54, 1.807) is 12.1 Å². The number of anilines is 1. The van der Waals surface area contributed by atoms with Crippen LogP contribution in [0.4, 0.5) is 5.69 Å². The van der Waals surface area contributed by atoms with Gasteiger partial charge in [-0.15, -0.1) is 0 Å². The highest BCUT2D eigenvalue weighted by atomic mass is 35.5. The number of alkyl halides is 2. The van der Waals surface area contributed by atoms with Gasteiger partial charge in [-0.3, -0.25) is 4.79 Å². The first-order valence-corrected chi connectivity index (χ1v) is 11.2. The number of rotatable bonds is 5. The topological polar surface area (TPSA) is 55.1 Å². The Morgan fingerprint density at radius 1 is 1.07 bits per heavy atom. The molecule has 0 atom stereocenters. The quantitative estimate of drug-likeness (QED) is 0.400. The Labute approximate surface area is 190 Å².